The average Bonchev–Trinajstić information content (AvgIpc) is 4.44. The van der Waals surface area contributed by atoms with Gasteiger partial charge in [-0.3, -0.25) is 4.79 Å². The number of hydrogen-bond acceptors (Lipinski definition) is 15. The summed E-state index contributed by atoms with van der Waals surface area (Å²) in [7, 11) is 0. The first-order valence-corrected chi connectivity index (χ1v) is 32.4. The molecule has 2 aliphatic carbocycles. The third-order valence-corrected chi connectivity index (χ3v) is 19.3. The number of rotatable bonds is 29. The molecular weight excluding hydrogens is 1120 g/mol. The summed E-state index contributed by atoms with van der Waals surface area (Å²) in [6, 6.07) is 41.1. The van der Waals surface area contributed by atoms with Gasteiger partial charge in [0.15, 0.2) is 0 Å². The zero-order valence-electron chi connectivity index (χ0n) is 52.7. The van der Waals surface area contributed by atoms with E-state index in [1.165, 1.54) is 33.4 Å². The average molecular weight is 1210 g/mol. The van der Waals surface area contributed by atoms with Gasteiger partial charge in [-0.05, 0) is 139 Å². The van der Waals surface area contributed by atoms with Crippen molar-refractivity contribution in [1.29, 1.82) is 0 Å². The fourth-order valence-electron chi connectivity index (χ4n) is 12.0. The van der Waals surface area contributed by atoms with Crippen LogP contribution in [0.1, 0.15) is 126 Å². The number of aliphatic hydroxyl groups is 1. The lowest BCUT2D eigenvalue weighted by Crippen LogP contribution is -2.45. The minimum atomic E-state index is -0.772. The molecule has 476 valence electrons. The second-order valence-electron chi connectivity index (χ2n) is 26.9. The Kier molecular flexibility index (Phi) is 21.2. The van der Waals surface area contributed by atoms with Gasteiger partial charge in [-0.15, -0.1) is 0 Å². The quantitative estimate of drug-likeness (QED) is 0.0354. The van der Waals surface area contributed by atoms with E-state index in [-0.39, 0.29) is 59.0 Å². The first kappa shape index (κ1) is 64.0. The summed E-state index contributed by atoms with van der Waals surface area (Å²) in [4.78, 5) is 12.0. The standard InChI is InChI=1S/C39H44O7.C20H30O4.C14H20O4/c1-38(2,29-9-17-34(18-10-29)43-23-36-25-45-36)27-5-13-32(14-6-27)41-21-31(40)22-42-33-15-7-28(8-16-33)39(3,4)30-11-19-35(20-12-30)44-24-37-26-46-37;1-3-19(13-23-14-19)11-21-9-17-5-7-18(8-6-17)10-22-12-20(4-2)15-24-16-20;15-14(9-2-4-11-13(6-9)18-11)16-7-8-1-3-10-12(5-8)17-10/h5-20,31,36-37,40H,21-26H2,1-4H3;5-8H,3-4,9-16H2,1-2H3;8-13H,1-7H2. The molecule has 6 heterocycles. The summed E-state index contributed by atoms with van der Waals surface area (Å²) in [6.45, 7) is 23.1. The van der Waals surface area contributed by atoms with Gasteiger partial charge >= 0.3 is 5.97 Å². The van der Waals surface area contributed by atoms with E-state index in [0.29, 0.717) is 74.9 Å². The van der Waals surface area contributed by atoms with Gasteiger partial charge in [0.2, 0.25) is 0 Å². The maximum absolute atomic E-state index is 12.0. The van der Waals surface area contributed by atoms with Crippen molar-refractivity contribution in [2.75, 3.05) is 85.9 Å². The molecule has 6 saturated heterocycles. The number of carbonyl (C=O) groups is 1. The fraction of sp³-hybridized carbons (Fsp3) is 0.575. The normalized spacial score (nSPS) is 25.2. The van der Waals surface area contributed by atoms with Crippen LogP contribution in [0.2, 0.25) is 0 Å². The van der Waals surface area contributed by atoms with Gasteiger partial charge in [0.05, 0.1) is 103 Å². The summed E-state index contributed by atoms with van der Waals surface area (Å²) >= 11 is 0. The van der Waals surface area contributed by atoms with Gasteiger partial charge in [-0.25, -0.2) is 0 Å². The topological polar surface area (TPSA) is 170 Å². The minimum absolute atomic E-state index is 0.00258. The third-order valence-electron chi connectivity index (χ3n) is 19.3. The van der Waals surface area contributed by atoms with Crippen LogP contribution in [0.5, 0.6) is 23.0 Å². The van der Waals surface area contributed by atoms with Gasteiger partial charge in [-0.2, -0.15) is 0 Å². The molecule has 8 fully saturated rings. The van der Waals surface area contributed by atoms with Gasteiger partial charge < -0.3 is 66.7 Å². The van der Waals surface area contributed by atoms with Crippen LogP contribution in [0.15, 0.2) is 121 Å². The van der Waals surface area contributed by atoms with Gasteiger partial charge in [-0.1, -0.05) is 114 Å². The molecule has 13 rings (SSSR count). The Morgan fingerprint density at radius 2 is 0.898 bits per heavy atom. The van der Waals surface area contributed by atoms with Crippen LogP contribution in [0.3, 0.4) is 0 Å². The molecule has 1 N–H and O–H groups in total. The van der Waals surface area contributed by atoms with Crippen LogP contribution >= 0.6 is 0 Å². The van der Waals surface area contributed by atoms with Crippen molar-refractivity contribution in [2.45, 2.75) is 160 Å². The molecule has 5 aromatic rings. The lowest BCUT2D eigenvalue weighted by Gasteiger charge is -2.40. The SMILES string of the molecule is CC(C)(c1ccc(OCC(O)COc2ccc(C(C)(C)c3ccc(OCC4CO4)cc3)cc2)cc1)c1ccc(OCC2CO2)cc1.CCC1(COCc2ccc(COCC3(CC)COC3)cc2)COC1.O=C(OCC1CCC2OC2C1)C1CCC2OC2C1. The van der Waals surface area contributed by atoms with E-state index in [1.54, 1.807) is 0 Å². The molecule has 88 heavy (non-hydrogen) atoms. The molecule has 0 spiro atoms. The highest BCUT2D eigenvalue weighted by Crippen LogP contribution is 2.42. The predicted molar refractivity (Wildman–Crippen MR) is 333 cm³/mol. The van der Waals surface area contributed by atoms with Crippen molar-refractivity contribution < 1.29 is 71.5 Å². The molecule has 15 nitrogen and oxygen atoms in total. The largest absolute Gasteiger partial charge is 0.491 e. The van der Waals surface area contributed by atoms with Gasteiger partial charge in [0.25, 0.3) is 0 Å². The fourth-order valence-corrected chi connectivity index (χ4v) is 12.0. The Balaban J connectivity index is 0.000000157. The highest BCUT2D eigenvalue weighted by Gasteiger charge is 2.47. The van der Waals surface area contributed by atoms with Gasteiger partial charge in [0.1, 0.15) is 67.7 Å². The van der Waals surface area contributed by atoms with Crippen LogP contribution < -0.4 is 18.9 Å². The third kappa shape index (κ3) is 17.7. The highest BCUT2D eigenvalue weighted by atomic mass is 16.6. The molecule has 6 aliphatic heterocycles. The van der Waals surface area contributed by atoms with E-state index in [1.807, 2.05) is 48.5 Å². The van der Waals surface area contributed by atoms with Crippen molar-refractivity contribution >= 4 is 5.97 Å². The maximum atomic E-state index is 12.0. The van der Waals surface area contributed by atoms with Crippen LogP contribution in [-0.2, 0) is 71.5 Å². The first-order chi connectivity index (χ1) is 42.6. The Bertz CT molecular complexity index is 2770. The van der Waals surface area contributed by atoms with E-state index < -0.39 is 6.10 Å². The molecular formula is C73H94O15. The van der Waals surface area contributed by atoms with E-state index in [4.69, 9.17) is 61.6 Å². The molecule has 0 bridgehead atoms. The van der Waals surface area contributed by atoms with Crippen LogP contribution in [0.4, 0.5) is 0 Å². The second-order valence-corrected chi connectivity index (χ2v) is 26.9. The highest BCUT2D eigenvalue weighted by molar-refractivity contribution is 5.72. The zero-order chi connectivity index (χ0) is 61.1. The summed E-state index contributed by atoms with van der Waals surface area (Å²) in [5, 5.41) is 10.5. The molecule has 15 heteroatoms. The first-order valence-electron chi connectivity index (χ1n) is 32.4. The van der Waals surface area contributed by atoms with Crippen molar-refractivity contribution in [3.05, 3.63) is 155 Å². The molecule has 0 amide bonds. The molecule has 8 unspecified atom stereocenters. The van der Waals surface area contributed by atoms with Crippen molar-refractivity contribution in [1.82, 2.24) is 0 Å². The van der Waals surface area contributed by atoms with Crippen LogP contribution in [0.25, 0.3) is 0 Å². The van der Waals surface area contributed by atoms with Crippen molar-refractivity contribution in [3.63, 3.8) is 0 Å². The van der Waals surface area contributed by atoms with Crippen LogP contribution in [-0.4, -0.2) is 140 Å². The monoisotopic (exact) mass is 1210 g/mol. The maximum Gasteiger partial charge on any atom is 0.309 e. The lowest BCUT2D eigenvalue weighted by atomic mass is 9.78. The molecule has 8 aliphatic rings. The summed E-state index contributed by atoms with van der Waals surface area (Å²) in [5.74, 6) is 3.72. The summed E-state index contributed by atoms with van der Waals surface area (Å²) in [6.07, 6.45) is 9.98. The second kappa shape index (κ2) is 29.1. The molecule has 0 aromatic heterocycles. The minimum Gasteiger partial charge on any atom is -0.491 e. The van der Waals surface area contributed by atoms with E-state index in [0.717, 1.165) is 116 Å². The Morgan fingerprint density at radius 3 is 1.25 bits per heavy atom. The van der Waals surface area contributed by atoms with Crippen molar-refractivity contribution in [2.24, 2.45) is 22.7 Å². The van der Waals surface area contributed by atoms with E-state index >= 15 is 0 Å². The Morgan fingerprint density at radius 1 is 0.511 bits per heavy atom. The van der Waals surface area contributed by atoms with Crippen molar-refractivity contribution in [3.8, 4) is 23.0 Å². The molecule has 2 saturated carbocycles. The molecule has 0 radical (unpaired) electrons. The smallest absolute Gasteiger partial charge is 0.309 e. The Hall–Kier alpha value is -5.59. The lowest BCUT2D eigenvalue weighted by molar-refractivity contribution is -0.152. The Labute approximate surface area is 521 Å². The van der Waals surface area contributed by atoms with Gasteiger partial charge in [0, 0.05) is 21.7 Å². The number of ether oxygens (including phenoxy) is 13. The number of benzene rings is 5. The number of esters is 1. The summed E-state index contributed by atoms with van der Waals surface area (Å²) < 4.78 is 72.6. The molecule has 8 atom stereocenters. The number of carbonyl (C=O) groups excluding carboxylic acids is 1. The number of fused-ring (bicyclic) bond motifs is 2. The zero-order valence-corrected chi connectivity index (χ0v) is 52.7. The number of hydrogen-bond donors (Lipinski definition) is 1. The molecule has 5 aromatic carbocycles. The van der Waals surface area contributed by atoms with Crippen LogP contribution in [0, 0.1) is 22.7 Å². The number of aliphatic hydroxyl groups excluding tert-OH is 1. The number of epoxide rings is 4. The predicted octanol–water partition coefficient (Wildman–Crippen LogP) is 11.9. The summed E-state index contributed by atoms with van der Waals surface area (Å²) in [5.41, 5.74) is 7.27. The van der Waals surface area contributed by atoms with E-state index in [2.05, 4.69) is 114 Å². The van der Waals surface area contributed by atoms with E-state index in [9.17, 15) is 9.90 Å².